The molecule has 0 saturated carbocycles. The Morgan fingerprint density at radius 3 is 2.30 bits per heavy atom. The highest BCUT2D eigenvalue weighted by Gasteiger charge is 2.36. The van der Waals surface area contributed by atoms with Crippen molar-refractivity contribution in [3.05, 3.63) is 54.4 Å². The molecule has 228 valence electrons. The van der Waals surface area contributed by atoms with Crippen LogP contribution >= 0.6 is 47.1 Å². The van der Waals surface area contributed by atoms with E-state index in [1.807, 2.05) is 37.0 Å². The number of aliphatic hydroxyl groups excluding tert-OH is 1. The third-order valence-electron chi connectivity index (χ3n) is 6.43. The first kappa shape index (κ1) is 32.5. The Balaban J connectivity index is 1.93. The average Bonchev–Trinajstić information content (AvgIpc) is 3.53. The fourth-order valence-corrected chi connectivity index (χ4v) is 8.27. The van der Waals surface area contributed by atoms with Gasteiger partial charge in [0, 0.05) is 17.9 Å². The standard InChI is InChI=1S/C27H27N3O9S4/c1-13(2)15(9-18-28(7-3-4-19(32)33)16-8-14(12-31)5-6-17(16)41-18)22-24(38)29(10-20(34)35)26(42-22)23-25(39)30(11-21(36)37)27(40)43-23/h5-6,8-9,13,31H,3-4,7,10-12H2,1-2H3,(H,32,33)(H,34,35)(H,36,37)/b18-9-,22-15-,26-23-. The van der Waals surface area contributed by atoms with Crippen molar-refractivity contribution < 1.29 is 39.6 Å². The summed E-state index contributed by atoms with van der Waals surface area (Å²) in [5.41, 5.74) is 1.43. The molecule has 2 aromatic rings. The number of anilines is 1. The first-order valence-corrected chi connectivity index (χ1v) is 15.8. The van der Waals surface area contributed by atoms with Gasteiger partial charge in [0.15, 0.2) is 0 Å². The summed E-state index contributed by atoms with van der Waals surface area (Å²) in [6.45, 7) is 2.53. The van der Waals surface area contributed by atoms with Crippen LogP contribution < -0.4 is 19.7 Å². The van der Waals surface area contributed by atoms with Crippen molar-refractivity contribution in [2.45, 2.75) is 44.7 Å². The molecule has 1 saturated heterocycles. The number of amides is 1. The number of benzene rings is 1. The number of fused-ring (bicyclic) bond motifs is 1. The number of thiazole rings is 1. The third kappa shape index (κ3) is 7.04. The maximum Gasteiger partial charge on any atom is 0.323 e. The number of carbonyl (C=O) groups is 4. The molecule has 4 N–H and O–H groups in total. The van der Waals surface area contributed by atoms with Crippen molar-refractivity contribution in [2.75, 3.05) is 18.0 Å². The Bertz CT molecular complexity index is 1740. The van der Waals surface area contributed by atoms with Crippen molar-refractivity contribution >= 4 is 91.4 Å². The van der Waals surface area contributed by atoms with Crippen molar-refractivity contribution in [1.82, 2.24) is 9.47 Å². The Morgan fingerprint density at radius 2 is 1.70 bits per heavy atom. The lowest BCUT2D eigenvalue weighted by Gasteiger charge is -2.21. The van der Waals surface area contributed by atoms with Crippen molar-refractivity contribution in [3.8, 4) is 0 Å². The summed E-state index contributed by atoms with van der Waals surface area (Å²) in [7, 11) is 0. The van der Waals surface area contributed by atoms with E-state index in [0.29, 0.717) is 29.1 Å². The molecule has 1 aromatic carbocycles. The summed E-state index contributed by atoms with van der Waals surface area (Å²) in [4.78, 5) is 64.8. The van der Waals surface area contributed by atoms with Crippen LogP contribution in [0, 0.1) is 5.92 Å². The van der Waals surface area contributed by atoms with Crippen molar-refractivity contribution in [3.63, 3.8) is 0 Å². The van der Waals surface area contributed by atoms with Gasteiger partial charge in [-0.1, -0.05) is 55.7 Å². The highest BCUT2D eigenvalue weighted by Crippen LogP contribution is 2.47. The van der Waals surface area contributed by atoms with Crippen LogP contribution in [0.15, 0.2) is 39.0 Å². The van der Waals surface area contributed by atoms with E-state index in [1.165, 1.54) is 11.8 Å². The molecule has 12 nitrogen and oxygen atoms in total. The van der Waals surface area contributed by atoms with E-state index in [1.54, 1.807) is 6.07 Å². The van der Waals surface area contributed by atoms with Crippen LogP contribution in [0.1, 0.15) is 32.3 Å². The minimum atomic E-state index is -1.30. The van der Waals surface area contributed by atoms with Crippen LogP contribution in [0.5, 0.6) is 0 Å². The van der Waals surface area contributed by atoms with Gasteiger partial charge in [-0.3, -0.25) is 33.4 Å². The van der Waals surface area contributed by atoms with Gasteiger partial charge in [-0.05, 0) is 41.7 Å². The molecule has 0 radical (unpaired) electrons. The summed E-state index contributed by atoms with van der Waals surface area (Å²) in [6, 6.07) is 5.48. The highest BCUT2D eigenvalue weighted by atomic mass is 32.2. The molecule has 4 rings (SSSR count). The number of carboxylic acid groups (broad SMARTS) is 3. The lowest BCUT2D eigenvalue weighted by atomic mass is 10.0. The lowest BCUT2D eigenvalue weighted by Crippen LogP contribution is -2.37. The Morgan fingerprint density at radius 1 is 1.00 bits per heavy atom. The SMILES string of the molecule is CC(C)C(/C=C1\Sc2ccc(CO)cc2N1CCCC(=O)O)=c1\s/c(=C2\SC(=S)N(CC(=O)O)C2=O)n(CC(=O)O)c1=O. The molecule has 3 heterocycles. The van der Waals surface area contributed by atoms with Gasteiger partial charge in [0.2, 0.25) is 0 Å². The number of rotatable bonds is 11. The first-order chi connectivity index (χ1) is 20.3. The van der Waals surface area contributed by atoms with Gasteiger partial charge in [0.25, 0.3) is 11.5 Å². The zero-order valence-corrected chi connectivity index (χ0v) is 26.2. The van der Waals surface area contributed by atoms with Crippen LogP contribution in [0.4, 0.5) is 5.69 Å². The van der Waals surface area contributed by atoms with Crippen LogP contribution in [-0.4, -0.2) is 71.1 Å². The molecular formula is C27H27N3O9S4. The molecule has 2 aliphatic rings. The van der Waals surface area contributed by atoms with Crippen molar-refractivity contribution in [2.24, 2.45) is 5.92 Å². The first-order valence-electron chi connectivity index (χ1n) is 12.9. The van der Waals surface area contributed by atoms with E-state index in [-0.39, 0.29) is 37.4 Å². The predicted molar refractivity (Wildman–Crippen MR) is 167 cm³/mol. The topological polar surface area (TPSA) is 178 Å². The van der Waals surface area contributed by atoms with Crippen LogP contribution in [-0.2, 0) is 32.3 Å². The maximum absolute atomic E-state index is 13.8. The third-order valence-corrected chi connectivity index (χ3v) is 10.3. The molecule has 0 spiro atoms. The summed E-state index contributed by atoms with van der Waals surface area (Å²) in [6.07, 6.45) is 2.10. The van der Waals surface area contributed by atoms with Gasteiger partial charge in [-0.15, -0.1) is 11.3 Å². The average molecular weight is 666 g/mol. The second kappa shape index (κ2) is 13.5. The number of hydrogen-bond acceptors (Lipinski definition) is 11. The molecule has 43 heavy (non-hydrogen) atoms. The molecule has 2 aliphatic heterocycles. The number of carbonyl (C=O) groups excluding carboxylic acids is 1. The Hall–Kier alpha value is -3.44. The molecule has 1 fully saturated rings. The summed E-state index contributed by atoms with van der Waals surface area (Å²) in [5, 5.41) is 38.3. The zero-order chi connectivity index (χ0) is 31.6. The number of thiocarbonyl (C=S) groups is 1. The number of hydrogen-bond donors (Lipinski definition) is 4. The maximum atomic E-state index is 13.8. The minimum absolute atomic E-state index is 0.0128. The number of aliphatic carboxylic acids is 3. The molecule has 1 aromatic heterocycles. The molecule has 0 bridgehead atoms. The normalized spacial score (nSPS) is 17.7. The fourth-order valence-electron chi connectivity index (χ4n) is 4.44. The van der Waals surface area contributed by atoms with Crippen molar-refractivity contribution in [1.29, 1.82) is 0 Å². The number of thioether (sulfide) groups is 2. The van der Waals surface area contributed by atoms with Crippen LogP contribution in [0.2, 0.25) is 0 Å². The van der Waals surface area contributed by atoms with E-state index in [4.69, 9.17) is 12.2 Å². The monoisotopic (exact) mass is 665 g/mol. The second-order valence-corrected chi connectivity index (χ2v) is 13.5. The lowest BCUT2D eigenvalue weighted by molar-refractivity contribution is -0.140. The van der Waals surface area contributed by atoms with Gasteiger partial charge in [-0.2, -0.15) is 0 Å². The van der Waals surface area contributed by atoms with E-state index < -0.39 is 42.5 Å². The molecule has 16 heteroatoms. The Labute approximate surface area is 262 Å². The van der Waals surface area contributed by atoms with Gasteiger partial charge < -0.3 is 25.3 Å². The Kier molecular flexibility index (Phi) is 10.2. The number of carboxylic acids is 3. The van der Waals surface area contributed by atoms with Gasteiger partial charge in [0.05, 0.1) is 21.9 Å². The van der Waals surface area contributed by atoms with Gasteiger partial charge in [0.1, 0.15) is 27.0 Å². The second-order valence-electron chi connectivity index (χ2n) is 9.81. The molecule has 0 atom stereocenters. The quantitative estimate of drug-likeness (QED) is 0.255. The molecule has 1 amide bonds. The van der Waals surface area contributed by atoms with Crippen LogP contribution in [0.3, 0.4) is 0 Å². The number of allylic oxidation sites excluding steroid dienone is 1. The number of aromatic nitrogens is 1. The fraction of sp³-hybridized carbons (Fsp3) is 0.333. The summed E-state index contributed by atoms with van der Waals surface area (Å²) < 4.78 is 1.25. The minimum Gasteiger partial charge on any atom is -0.481 e. The molecule has 0 unspecified atom stereocenters. The van der Waals surface area contributed by atoms with Gasteiger partial charge >= 0.3 is 17.9 Å². The number of nitrogens with zero attached hydrogens (tertiary/aromatic N) is 3. The highest BCUT2D eigenvalue weighted by molar-refractivity contribution is 8.30. The van der Waals surface area contributed by atoms with E-state index in [2.05, 4.69) is 0 Å². The molecule has 0 aliphatic carbocycles. The predicted octanol–water partition coefficient (Wildman–Crippen LogP) is 1.67. The van der Waals surface area contributed by atoms with E-state index in [0.717, 1.165) is 43.1 Å². The smallest absolute Gasteiger partial charge is 0.323 e. The summed E-state index contributed by atoms with van der Waals surface area (Å²) >= 11 is 8.37. The van der Waals surface area contributed by atoms with E-state index in [9.17, 15) is 44.4 Å². The van der Waals surface area contributed by atoms with E-state index >= 15 is 0 Å². The molecular weight excluding hydrogens is 639 g/mol. The zero-order valence-electron chi connectivity index (χ0n) is 22.9. The largest absolute Gasteiger partial charge is 0.481 e. The van der Waals surface area contributed by atoms with Gasteiger partial charge in [-0.25, -0.2) is 0 Å². The van der Waals surface area contributed by atoms with Crippen LogP contribution in [0.25, 0.3) is 10.5 Å². The number of aliphatic hydroxyl groups is 1. The summed E-state index contributed by atoms with van der Waals surface area (Å²) in [5.74, 6) is -4.46.